The van der Waals surface area contributed by atoms with E-state index in [1.807, 2.05) is 13.0 Å². The molecular formula is C22H26O4. The molecule has 1 saturated carbocycles. The van der Waals surface area contributed by atoms with Gasteiger partial charge in [0.25, 0.3) is 0 Å². The van der Waals surface area contributed by atoms with Crippen LogP contribution in [0, 0.1) is 12.8 Å². The zero-order chi connectivity index (χ0) is 18.1. The molecule has 1 N–H and O–H groups in total. The minimum atomic E-state index is -0.517. The van der Waals surface area contributed by atoms with Crippen LogP contribution in [0.3, 0.4) is 0 Å². The SMILES string of the molecule is Cc1c2c(cc3c4c(c(=O)oc13)CCC4)[C@H](O)C[C@]1(CCC[C@H](C)C1)O2. The smallest absolute Gasteiger partial charge is 0.339 e. The molecular weight excluding hydrogens is 328 g/mol. The Hall–Kier alpha value is -1.81. The number of hydrogen-bond acceptors (Lipinski definition) is 4. The lowest BCUT2D eigenvalue weighted by molar-refractivity contribution is -0.0499. The lowest BCUT2D eigenvalue weighted by atomic mass is 9.73. The van der Waals surface area contributed by atoms with Gasteiger partial charge in [0.05, 0.1) is 6.10 Å². The summed E-state index contributed by atoms with van der Waals surface area (Å²) in [6.07, 6.45) is 7.18. The fraction of sp³-hybridized carbons (Fsp3) is 0.591. The van der Waals surface area contributed by atoms with Crippen molar-refractivity contribution >= 4 is 11.0 Å². The maximum atomic E-state index is 12.4. The fourth-order valence-electron chi connectivity index (χ4n) is 5.58. The van der Waals surface area contributed by atoms with Gasteiger partial charge in [-0.2, -0.15) is 0 Å². The maximum Gasteiger partial charge on any atom is 0.339 e. The summed E-state index contributed by atoms with van der Waals surface area (Å²) in [7, 11) is 0. The molecule has 0 saturated heterocycles. The van der Waals surface area contributed by atoms with Gasteiger partial charge >= 0.3 is 5.63 Å². The second-order valence-electron chi connectivity index (χ2n) is 8.70. The van der Waals surface area contributed by atoms with Gasteiger partial charge < -0.3 is 14.3 Å². The summed E-state index contributed by atoms with van der Waals surface area (Å²) in [5, 5.41) is 12.0. The van der Waals surface area contributed by atoms with Gasteiger partial charge in [-0.3, -0.25) is 0 Å². The van der Waals surface area contributed by atoms with Crippen LogP contribution in [0.4, 0.5) is 0 Å². The van der Waals surface area contributed by atoms with E-state index in [-0.39, 0.29) is 11.2 Å². The third kappa shape index (κ3) is 2.27. The molecule has 0 radical (unpaired) electrons. The molecule has 2 heterocycles. The molecule has 2 aromatic rings. The minimum absolute atomic E-state index is 0.203. The van der Waals surface area contributed by atoms with Crippen LogP contribution < -0.4 is 10.4 Å². The zero-order valence-electron chi connectivity index (χ0n) is 15.6. The third-order valence-corrected chi connectivity index (χ3v) is 6.76. The summed E-state index contributed by atoms with van der Waals surface area (Å²) < 4.78 is 12.3. The molecule has 1 aliphatic heterocycles. The summed E-state index contributed by atoms with van der Waals surface area (Å²) in [5.41, 5.74) is 3.82. The standard InChI is InChI=1S/C22H26O4/c1-12-5-4-8-22(10-12)11-18(23)17-9-16-14-6-3-7-15(14)21(24)25-19(16)13(2)20(17)26-22/h9,12,18,23H,3-8,10-11H2,1-2H3/t12-,18+,22+/m0/s1. The fourth-order valence-corrected chi connectivity index (χ4v) is 5.58. The topological polar surface area (TPSA) is 59.7 Å². The van der Waals surface area contributed by atoms with E-state index in [4.69, 9.17) is 9.15 Å². The van der Waals surface area contributed by atoms with Gasteiger partial charge in [-0.15, -0.1) is 0 Å². The molecule has 0 amide bonds. The van der Waals surface area contributed by atoms with Crippen molar-refractivity contribution < 1.29 is 14.3 Å². The quantitative estimate of drug-likeness (QED) is 0.714. The zero-order valence-corrected chi connectivity index (χ0v) is 15.6. The highest BCUT2D eigenvalue weighted by atomic mass is 16.5. The Morgan fingerprint density at radius 3 is 2.81 bits per heavy atom. The Labute approximate surface area is 153 Å². The Kier molecular flexibility index (Phi) is 3.52. The molecule has 4 nitrogen and oxygen atoms in total. The Morgan fingerprint density at radius 1 is 1.19 bits per heavy atom. The summed E-state index contributed by atoms with van der Waals surface area (Å²) in [6.45, 7) is 4.23. The lowest BCUT2D eigenvalue weighted by Gasteiger charge is -2.45. The van der Waals surface area contributed by atoms with E-state index in [0.29, 0.717) is 17.9 Å². The molecule has 4 heteroatoms. The van der Waals surface area contributed by atoms with E-state index in [2.05, 4.69) is 6.92 Å². The largest absolute Gasteiger partial charge is 0.486 e. The maximum absolute atomic E-state index is 12.4. The summed E-state index contributed by atoms with van der Waals surface area (Å²) >= 11 is 0. The molecule has 1 aromatic carbocycles. The molecule has 138 valence electrons. The van der Waals surface area contributed by atoms with Crippen LogP contribution >= 0.6 is 0 Å². The third-order valence-electron chi connectivity index (χ3n) is 6.76. The second-order valence-corrected chi connectivity index (χ2v) is 8.70. The van der Waals surface area contributed by atoms with Gasteiger partial charge in [0, 0.05) is 28.5 Å². The number of benzene rings is 1. The number of aliphatic hydroxyl groups excluding tert-OH is 1. The molecule has 5 rings (SSSR count). The van der Waals surface area contributed by atoms with Crippen molar-refractivity contribution in [2.24, 2.45) is 5.92 Å². The van der Waals surface area contributed by atoms with Gasteiger partial charge in [0.15, 0.2) is 0 Å². The molecule has 1 aromatic heterocycles. The van der Waals surface area contributed by atoms with Gasteiger partial charge in [-0.25, -0.2) is 4.79 Å². The first-order chi connectivity index (χ1) is 12.5. The molecule has 1 spiro atoms. The molecule has 0 bridgehead atoms. The van der Waals surface area contributed by atoms with Crippen LogP contribution in [-0.2, 0) is 12.8 Å². The van der Waals surface area contributed by atoms with E-state index >= 15 is 0 Å². The van der Waals surface area contributed by atoms with E-state index < -0.39 is 6.10 Å². The monoisotopic (exact) mass is 354 g/mol. The summed E-state index contributed by atoms with van der Waals surface area (Å²) in [4.78, 5) is 12.4. The Balaban J connectivity index is 1.71. The van der Waals surface area contributed by atoms with Crippen LogP contribution in [0.5, 0.6) is 5.75 Å². The predicted octanol–water partition coefficient (Wildman–Crippen LogP) is 4.35. The highest BCUT2D eigenvalue weighted by Gasteiger charge is 2.44. The van der Waals surface area contributed by atoms with Crippen molar-refractivity contribution in [3.63, 3.8) is 0 Å². The normalized spacial score (nSPS) is 30.3. The number of aliphatic hydroxyl groups is 1. The summed E-state index contributed by atoms with van der Waals surface area (Å²) in [6, 6.07) is 2.02. The predicted molar refractivity (Wildman–Crippen MR) is 99.8 cm³/mol. The first-order valence-corrected chi connectivity index (χ1v) is 9.96. The number of ether oxygens (including phenoxy) is 1. The molecule has 2 aliphatic carbocycles. The number of fused-ring (bicyclic) bond motifs is 4. The number of hydrogen-bond donors (Lipinski definition) is 1. The second kappa shape index (κ2) is 5.59. The van der Waals surface area contributed by atoms with Crippen molar-refractivity contribution in [2.45, 2.75) is 76.9 Å². The van der Waals surface area contributed by atoms with Gasteiger partial charge in [-0.1, -0.05) is 13.3 Å². The Morgan fingerprint density at radius 2 is 2.00 bits per heavy atom. The first-order valence-electron chi connectivity index (χ1n) is 9.96. The van der Waals surface area contributed by atoms with Crippen molar-refractivity contribution in [3.05, 3.63) is 38.7 Å². The molecule has 26 heavy (non-hydrogen) atoms. The van der Waals surface area contributed by atoms with E-state index in [1.165, 1.54) is 6.42 Å². The summed E-state index contributed by atoms with van der Waals surface area (Å²) in [5.74, 6) is 1.35. The minimum Gasteiger partial charge on any atom is -0.486 e. The van der Waals surface area contributed by atoms with Crippen LogP contribution in [0.2, 0.25) is 0 Å². The molecule has 0 unspecified atom stereocenters. The van der Waals surface area contributed by atoms with Gasteiger partial charge in [0.2, 0.25) is 0 Å². The lowest BCUT2D eigenvalue weighted by Crippen LogP contribution is -2.44. The van der Waals surface area contributed by atoms with E-state index in [0.717, 1.165) is 71.9 Å². The van der Waals surface area contributed by atoms with Gasteiger partial charge in [-0.05, 0) is 63.0 Å². The van der Waals surface area contributed by atoms with Gasteiger partial charge in [0.1, 0.15) is 16.9 Å². The first kappa shape index (κ1) is 16.4. The van der Waals surface area contributed by atoms with Crippen molar-refractivity contribution in [3.8, 4) is 5.75 Å². The number of aryl methyl sites for hydroxylation is 2. The highest BCUT2D eigenvalue weighted by Crippen LogP contribution is 2.50. The average molecular weight is 354 g/mol. The van der Waals surface area contributed by atoms with Crippen LogP contribution in [0.25, 0.3) is 11.0 Å². The molecule has 3 aliphatic rings. The molecule has 1 fully saturated rings. The Bertz CT molecular complexity index is 957. The van der Waals surface area contributed by atoms with Crippen molar-refractivity contribution in [1.29, 1.82) is 0 Å². The van der Waals surface area contributed by atoms with Crippen molar-refractivity contribution in [1.82, 2.24) is 0 Å². The highest BCUT2D eigenvalue weighted by molar-refractivity contribution is 5.88. The van der Waals surface area contributed by atoms with Crippen LogP contribution in [-0.4, -0.2) is 10.7 Å². The van der Waals surface area contributed by atoms with E-state index in [9.17, 15) is 9.90 Å². The van der Waals surface area contributed by atoms with Crippen LogP contribution in [0.1, 0.15) is 73.8 Å². The van der Waals surface area contributed by atoms with E-state index in [1.54, 1.807) is 0 Å². The molecule has 3 atom stereocenters. The van der Waals surface area contributed by atoms with Crippen molar-refractivity contribution in [2.75, 3.05) is 0 Å². The average Bonchev–Trinajstić information content (AvgIpc) is 3.08. The van der Waals surface area contributed by atoms with Crippen LogP contribution in [0.15, 0.2) is 15.3 Å². The number of rotatable bonds is 0.